The highest BCUT2D eigenvalue weighted by Gasteiger charge is 2.34. The van der Waals surface area contributed by atoms with Crippen molar-refractivity contribution in [2.75, 3.05) is 13.3 Å². The molecule has 1 fully saturated rings. The maximum Gasteiger partial charge on any atom is 0.263 e. The summed E-state index contributed by atoms with van der Waals surface area (Å²) in [7, 11) is 0. The van der Waals surface area contributed by atoms with Gasteiger partial charge < -0.3 is 20.5 Å². The Hall–Kier alpha value is -1.83. The van der Waals surface area contributed by atoms with Crippen molar-refractivity contribution in [2.24, 2.45) is 5.73 Å². The van der Waals surface area contributed by atoms with Crippen LogP contribution in [0.2, 0.25) is 0 Å². The van der Waals surface area contributed by atoms with Crippen LogP contribution in [-0.4, -0.2) is 29.8 Å². The second-order valence-corrected chi connectivity index (χ2v) is 7.27. The molecule has 3 N–H and O–H groups in total. The van der Waals surface area contributed by atoms with Gasteiger partial charge in [0, 0.05) is 12.1 Å². The molecule has 134 valence electrons. The van der Waals surface area contributed by atoms with E-state index in [1.807, 2.05) is 18.2 Å². The molecule has 25 heavy (non-hydrogen) atoms. The number of carbonyl (C=O) groups is 1. The molecule has 0 unspecified atom stereocenters. The summed E-state index contributed by atoms with van der Waals surface area (Å²) >= 11 is 1.37. The highest BCUT2D eigenvalue weighted by molar-refractivity contribution is 7.16. The van der Waals surface area contributed by atoms with Crippen LogP contribution < -0.4 is 20.5 Å². The summed E-state index contributed by atoms with van der Waals surface area (Å²) in [5, 5.41) is 3.91. The number of nitrogens with two attached hydrogens (primary N) is 1. The number of thiazole rings is 1. The fourth-order valence-corrected chi connectivity index (χ4v) is 4.08. The number of amides is 1. The normalized spacial score (nSPS) is 17.2. The summed E-state index contributed by atoms with van der Waals surface area (Å²) in [5.74, 6) is 1.35. The van der Waals surface area contributed by atoms with Crippen LogP contribution in [0.15, 0.2) is 24.4 Å². The number of rotatable bonds is 4. The number of aromatic nitrogens is 1. The Morgan fingerprint density at radius 3 is 2.80 bits per heavy atom. The third kappa shape index (κ3) is 3.44. The number of carbonyl (C=O) groups excluding carboxylic acids is 1. The SMILES string of the molecule is Cl.NCC1(NC(=O)c2cnc(-c3ccc4c(c3)OCO4)s2)CCCC1. The van der Waals surface area contributed by atoms with Crippen molar-refractivity contribution >= 4 is 29.7 Å². The number of ether oxygens (including phenoxy) is 2. The molecule has 1 aliphatic carbocycles. The van der Waals surface area contributed by atoms with E-state index in [9.17, 15) is 4.79 Å². The zero-order valence-corrected chi connectivity index (χ0v) is 15.3. The summed E-state index contributed by atoms with van der Waals surface area (Å²) in [5.41, 5.74) is 6.56. The van der Waals surface area contributed by atoms with Gasteiger partial charge in [-0.15, -0.1) is 23.7 Å². The van der Waals surface area contributed by atoms with E-state index < -0.39 is 0 Å². The molecule has 4 rings (SSSR count). The highest BCUT2D eigenvalue weighted by Crippen LogP contribution is 2.37. The van der Waals surface area contributed by atoms with Gasteiger partial charge in [0.15, 0.2) is 11.5 Å². The third-order valence-corrected chi connectivity index (χ3v) is 5.72. The van der Waals surface area contributed by atoms with Crippen molar-refractivity contribution in [3.63, 3.8) is 0 Å². The van der Waals surface area contributed by atoms with Gasteiger partial charge in [0.2, 0.25) is 6.79 Å². The van der Waals surface area contributed by atoms with Crippen molar-refractivity contribution < 1.29 is 14.3 Å². The van der Waals surface area contributed by atoms with Gasteiger partial charge in [-0.2, -0.15) is 0 Å². The van der Waals surface area contributed by atoms with E-state index in [1.165, 1.54) is 11.3 Å². The van der Waals surface area contributed by atoms with E-state index >= 15 is 0 Å². The van der Waals surface area contributed by atoms with E-state index in [4.69, 9.17) is 15.2 Å². The lowest BCUT2D eigenvalue weighted by Crippen LogP contribution is -2.51. The molecule has 8 heteroatoms. The maximum absolute atomic E-state index is 12.6. The monoisotopic (exact) mass is 381 g/mol. The summed E-state index contributed by atoms with van der Waals surface area (Å²) in [6.07, 6.45) is 5.75. The second-order valence-electron chi connectivity index (χ2n) is 6.24. The first-order valence-corrected chi connectivity index (χ1v) is 8.89. The number of fused-ring (bicyclic) bond motifs is 1. The summed E-state index contributed by atoms with van der Waals surface area (Å²) < 4.78 is 10.7. The standard InChI is InChI=1S/C17H19N3O3S.ClH/c18-9-17(5-1-2-6-17)20-15(21)14-8-19-16(24-14)11-3-4-12-13(7-11)23-10-22-12;/h3-4,7-8H,1-2,5-6,9-10,18H2,(H,20,21);1H. The Balaban J connectivity index is 0.00000182. The molecular formula is C17H20ClN3O3S. The fourth-order valence-electron chi connectivity index (χ4n) is 3.28. The van der Waals surface area contributed by atoms with E-state index in [0.717, 1.165) is 42.0 Å². The molecule has 0 atom stereocenters. The number of halogens is 1. The van der Waals surface area contributed by atoms with Gasteiger partial charge in [0.1, 0.15) is 9.88 Å². The molecular weight excluding hydrogens is 362 g/mol. The Bertz CT molecular complexity index is 774. The average molecular weight is 382 g/mol. The first-order chi connectivity index (χ1) is 11.7. The van der Waals surface area contributed by atoms with E-state index in [0.29, 0.717) is 17.2 Å². The van der Waals surface area contributed by atoms with E-state index in [1.54, 1.807) is 6.20 Å². The molecule has 0 bridgehead atoms. The van der Waals surface area contributed by atoms with Crippen LogP contribution in [0, 0.1) is 0 Å². The molecule has 0 spiro atoms. The fraction of sp³-hybridized carbons (Fsp3) is 0.412. The lowest BCUT2D eigenvalue weighted by molar-refractivity contribution is 0.0907. The van der Waals surface area contributed by atoms with Crippen molar-refractivity contribution in [3.05, 3.63) is 29.3 Å². The number of nitrogens with one attached hydrogen (secondary N) is 1. The van der Waals surface area contributed by atoms with Gasteiger partial charge in [0.25, 0.3) is 5.91 Å². The first kappa shape index (κ1) is 18.0. The highest BCUT2D eigenvalue weighted by atomic mass is 35.5. The van der Waals surface area contributed by atoms with Crippen LogP contribution in [0.5, 0.6) is 11.5 Å². The largest absolute Gasteiger partial charge is 0.454 e. The Morgan fingerprint density at radius 1 is 1.28 bits per heavy atom. The summed E-state index contributed by atoms with van der Waals surface area (Å²) in [6, 6.07) is 5.67. The molecule has 2 aliphatic rings. The number of nitrogens with zero attached hydrogens (tertiary/aromatic N) is 1. The topological polar surface area (TPSA) is 86.5 Å². The van der Waals surface area contributed by atoms with Gasteiger partial charge >= 0.3 is 0 Å². The van der Waals surface area contributed by atoms with Crippen molar-refractivity contribution in [2.45, 2.75) is 31.2 Å². The molecule has 0 saturated heterocycles. The van der Waals surface area contributed by atoms with E-state index in [-0.39, 0.29) is 30.6 Å². The van der Waals surface area contributed by atoms with Crippen LogP contribution in [0.3, 0.4) is 0 Å². The molecule has 2 aromatic rings. The third-order valence-electron chi connectivity index (χ3n) is 4.68. The van der Waals surface area contributed by atoms with E-state index in [2.05, 4.69) is 10.3 Å². The average Bonchev–Trinajstić information content (AvgIpc) is 3.34. The van der Waals surface area contributed by atoms with Gasteiger partial charge in [-0.1, -0.05) is 12.8 Å². The Morgan fingerprint density at radius 2 is 2.04 bits per heavy atom. The lowest BCUT2D eigenvalue weighted by Gasteiger charge is -2.28. The van der Waals surface area contributed by atoms with Gasteiger partial charge in [-0.05, 0) is 31.0 Å². The quantitative estimate of drug-likeness (QED) is 0.850. The van der Waals surface area contributed by atoms with Crippen molar-refractivity contribution in [1.82, 2.24) is 10.3 Å². The lowest BCUT2D eigenvalue weighted by atomic mass is 9.98. The minimum absolute atomic E-state index is 0. The first-order valence-electron chi connectivity index (χ1n) is 8.08. The Kier molecular flexibility index (Phi) is 5.17. The summed E-state index contributed by atoms with van der Waals surface area (Å²) in [6.45, 7) is 0.720. The van der Waals surface area contributed by atoms with Crippen LogP contribution >= 0.6 is 23.7 Å². The zero-order chi connectivity index (χ0) is 16.6. The predicted molar refractivity (Wildman–Crippen MR) is 98.6 cm³/mol. The van der Waals surface area contributed by atoms with Crippen molar-refractivity contribution in [3.8, 4) is 22.1 Å². The molecule has 1 saturated carbocycles. The maximum atomic E-state index is 12.6. The van der Waals surface area contributed by atoms with Crippen LogP contribution in [0.1, 0.15) is 35.4 Å². The minimum atomic E-state index is -0.250. The molecule has 0 radical (unpaired) electrons. The smallest absolute Gasteiger partial charge is 0.263 e. The Labute approximate surface area is 156 Å². The molecule has 1 aromatic heterocycles. The zero-order valence-electron chi connectivity index (χ0n) is 13.6. The molecule has 1 aliphatic heterocycles. The van der Waals surface area contributed by atoms with Crippen LogP contribution in [0.25, 0.3) is 10.6 Å². The molecule has 1 amide bonds. The van der Waals surface area contributed by atoms with Gasteiger partial charge in [-0.25, -0.2) is 4.98 Å². The predicted octanol–water partition coefficient (Wildman–Crippen LogP) is 2.96. The number of benzene rings is 1. The number of hydrogen-bond acceptors (Lipinski definition) is 6. The molecule has 1 aromatic carbocycles. The minimum Gasteiger partial charge on any atom is -0.454 e. The van der Waals surface area contributed by atoms with Crippen molar-refractivity contribution in [1.29, 1.82) is 0 Å². The second kappa shape index (κ2) is 7.19. The molecule has 6 nitrogen and oxygen atoms in total. The number of hydrogen-bond donors (Lipinski definition) is 2. The summed E-state index contributed by atoms with van der Waals surface area (Å²) in [4.78, 5) is 17.5. The van der Waals surface area contributed by atoms with Crippen LogP contribution in [-0.2, 0) is 0 Å². The van der Waals surface area contributed by atoms with Gasteiger partial charge in [0.05, 0.1) is 11.7 Å². The van der Waals surface area contributed by atoms with Gasteiger partial charge in [-0.3, -0.25) is 4.79 Å². The molecule has 2 heterocycles. The van der Waals surface area contributed by atoms with Crippen LogP contribution in [0.4, 0.5) is 0 Å².